The topological polar surface area (TPSA) is 52.4 Å². The molecule has 0 N–H and O–H groups in total. The van der Waals surface area contributed by atoms with Gasteiger partial charge >= 0.3 is 5.69 Å². The van der Waals surface area contributed by atoms with Crippen molar-refractivity contribution < 1.29 is 18.4 Å². The number of nitro benzene ring substituents is 1. The maximum absolute atomic E-state index is 13.7. The molecule has 110 valence electrons. The maximum atomic E-state index is 13.7. The number of ether oxygens (including phenoxy) is 1. The van der Waals surface area contributed by atoms with Crippen LogP contribution in [-0.2, 0) is 0 Å². The molecular weight excluding hydrogens is 292 g/mol. The van der Waals surface area contributed by atoms with Crippen molar-refractivity contribution >= 4 is 17.3 Å². The second-order valence-electron chi connectivity index (χ2n) is 5.16. The lowest BCUT2D eigenvalue weighted by Crippen LogP contribution is -2.55. The second-order valence-corrected chi connectivity index (χ2v) is 5.69. The number of benzene rings is 1. The average molecular weight is 306 g/mol. The van der Waals surface area contributed by atoms with Gasteiger partial charge < -0.3 is 4.74 Å². The van der Waals surface area contributed by atoms with Crippen LogP contribution in [0.3, 0.4) is 0 Å². The highest BCUT2D eigenvalue weighted by atomic mass is 35.5. The summed E-state index contributed by atoms with van der Waals surface area (Å²) < 4.78 is 32.7. The Labute approximate surface area is 119 Å². The van der Waals surface area contributed by atoms with Crippen LogP contribution in [0, 0.1) is 27.2 Å². The van der Waals surface area contributed by atoms with Gasteiger partial charge in [0.05, 0.1) is 11.0 Å². The van der Waals surface area contributed by atoms with Crippen molar-refractivity contribution in [2.75, 3.05) is 0 Å². The van der Waals surface area contributed by atoms with Crippen LogP contribution in [0.5, 0.6) is 5.75 Å². The molecule has 1 aromatic carbocycles. The fourth-order valence-electron chi connectivity index (χ4n) is 2.30. The van der Waals surface area contributed by atoms with Gasteiger partial charge in [-0.2, -0.15) is 4.39 Å². The Kier molecular flexibility index (Phi) is 3.86. The average Bonchev–Trinajstić information content (AvgIpc) is 2.40. The summed E-state index contributed by atoms with van der Waals surface area (Å²) in [5.74, 6) is -2.39. The first kappa shape index (κ1) is 15.0. The highest BCUT2D eigenvalue weighted by Gasteiger charge is 2.51. The molecule has 1 fully saturated rings. The SMILES string of the molecule is CCC1(C)C(Cl)CC1Oc1cc(F)c([N+](=O)[O-])cc1F. The zero-order valence-electron chi connectivity index (χ0n) is 11.0. The molecule has 0 amide bonds. The molecule has 0 bridgehead atoms. The largest absolute Gasteiger partial charge is 0.487 e. The first-order valence-electron chi connectivity index (χ1n) is 6.23. The Bertz CT molecular complexity index is 555. The van der Waals surface area contributed by atoms with Crippen molar-refractivity contribution in [3.8, 4) is 5.75 Å². The molecule has 1 aliphatic rings. The molecule has 0 spiro atoms. The van der Waals surface area contributed by atoms with E-state index in [-0.39, 0.29) is 22.6 Å². The molecule has 1 saturated carbocycles. The van der Waals surface area contributed by atoms with Crippen molar-refractivity contribution in [3.63, 3.8) is 0 Å². The fourth-order valence-corrected chi connectivity index (χ4v) is 2.76. The minimum Gasteiger partial charge on any atom is -0.487 e. The first-order valence-corrected chi connectivity index (χ1v) is 6.67. The van der Waals surface area contributed by atoms with Crippen LogP contribution in [0.1, 0.15) is 26.7 Å². The van der Waals surface area contributed by atoms with Crippen LogP contribution in [0.15, 0.2) is 12.1 Å². The lowest BCUT2D eigenvalue weighted by molar-refractivity contribution is -0.387. The van der Waals surface area contributed by atoms with E-state index < -0.39 is 22.2 Å². The second kappa shape index (κ2) is 5.16. The summed E-state index contributed by atoms with van der Waals surface area (Å²) in [6, 6.07) is 1.25. The molecular formula is C13H14ClF2NO3. The van der Waals surface area contributed by atoms with E-state index in [9.17, 15) is 18.9 Å². The van der Waals surface area contributed by atoms with Crippen LogP contribution in [-0.4, -0.2) is 16.4 Å². The first-order chi connectivity index (χ1) is 9.29. The Morgan fingerprint density at radius 3 is 2.65 bits per heavy atom. The van der Waals surface area contributed by atoms with Crippen molar-refractivity contribution in [3.05, 3.63) is 33.9 Å². The normalized spacial score (nSPS) is 28.9. The van der Waals surface area contributed by atoms with Crippen LogP contribution in [0.2, 0.25) is 0 Å². The van der Waals surface area contributed by atoms with Crippen molar-refractivity contribution in [1.29, 1.82) is 0 Å². The predicted molar refractivity (Wildman–Crippen MR) is 70.1 cm³/mol. The van der Waals surface area contributed by atoms with E-state index in [1.54, 1.807) is 0 Å². The molecule has 3 unspecified atom stereocenters. The lowest BCUT2D eigenvalue weighted by Gasteiger charge is -2.50. The van der Waals surface area contributed by atoms with E-state index >= 15 is 0 Å². The van der Waals surface area contributed by atoms with Crippen LogP contribution < -0.4 is 4.74 Å². The monoisotopic (exact) mass is 305 g/mol. The van der Waals surface area contributed by atoms with E-state index in [0.29, 0.717) is 18.6 Å². The molecule has 0 aromatic heterocycles. The summed E-state index contributed by atoms with van der Waals surface area (Å²) in [6.45, 7) is 3.86. The number of hydrogen-bond donors (Lipinski definition) is 0. The van der Waals surface area contributed by atoms with E-state index in [4.69, 9.17) is 16.3 Å². The zero-order valence-corrected chi connectivity index (χ0v) is 11.8. The Balaban J connectivity index is 2.23. The number of nitro groups is 1. The van der Waals surface area contributed by atoms with Gasteiger partial charge in [0.2, 0.25) is 5.82 Å². The lowest BCUT2D eigenvalue weighted by atomic mass is 9.65. The van der Waals surface area contributed by atoms with Crippen LogP contribution >= 0.6 is 11.6 Å². The van der Waals surface area contributed by atoms with E-state index in [2.05, 4.69) is 0 Å². The third-order valence-corrected chi connectivity index (χ3v) is 4.78. The summed E-state index contributed by atoms with van der Waals surface area (Å²) in [7, 11) is 0. The predicted octanol–water partition coefficient (Wildman–Crippen LogP) is 4.05. The Morgan fingerprint density at radius 2 is 2.15 bits per heavy atom. The molecule has 1 aromatic rings. The molecule has 0 saturated heterocycles. The third-order valence-electron chi connectivity index (χ3n) is 4.10. The molecule has 4 nitrogen and oxygen atoms in total. The van der Waals surface area contributed by atoms with Gasteiger partial charge in [-0.3, -0.25) is 10.1 Å². The summed E-state index contributed by atoms with van der Waals surface area (Å²) in [6.07, 6.45) is 0.942. The van der Waals surface area contributed by atoms with Gasteiger partial charge in [0.25, 0.3) is 0 Å². The van der Waals surface area contributed by atoms with E-state index in [1.165, 1.54) is 0 Å². The summed E-state index contributed by atoms with van der Waals surface area (Å²) in [5.41, 5.74) is -1.22. The van der Waals surface area contributed by atoms with Gasteiger partial charge in [0.1, 0.15) is 6.10 Å². The molecule has 0 radical (unpaired) electrons. The minimum atomic E-state index is -1.12. The Hall–Kier alpha value is -1.43. The van der Waals surface area contributed by atoms with E-state index in [1.807, 2.05) is 13.8 Å². The zero-order chi connectivity index (χ0) is 15.1. The van der Waals surface area contributed by atoms with Crippen LogP contribution in [0.25, 0.3) is 0 Å². The highest BCUT2D eigenvalue weighted by Crippen LogP contribution is 2.49. The number of rotatable bonds is 4. The molecule has 3 atom stereocenters. The molecule has 0 aliphatic heterocycles. The van der Waals surface area contributed by atoms with Crippen LogP contribution in [0.4, 0.5) is 14.5 Å². The molecule has 2 rings (SSSR count). The molecule has 1 aliphatic carbocycles. The number of alkyl halides is 1. The van der Waals surface area contributed by atoms with Gasteiger partial charge in [-0.25, -0.2) is 4.39 Å². The number of nitrogens with zero attached hydrogens (tertiary/aromatic N) is 1. The molecule has 0 heterocycles. The van der Waals surface area contributed by atoms with Crippen molar-refractivity contribution in [2.24, 2.45) is 5.41 Å². The van der Waals surface area contributed by atoms with E-state index in [0.717, 1.165) is 6.42 Å². The van der Waals surface area contributed by atoms with Crippen molar-refractivity contribution in [2.45, 2.75) is 38.2 Å². The van der Waals surface area contributed by atoms with Crippen molar-refractivity contribution in [1.82, 2.24) is 0 Å². The fraction of sp³-hybridized carbons (Fsp3) is 0.538. The van der Waals surface area contributed by atoms with Gasteiger partial charge in [-0.1, -0.05) is 13.8 Å². The smallest absolute Gasteiger partial charge is 0.307 e. The number of hydrogen-bond acceptors (Lipinski definition) is 3. The summed E-state index contributed by atoms with van der Waals surface area (Å²) in [5, 5.41) is 10.4. The van der Waals surface area contributed by atoms with Gasteiger partial charge in [-0.15, -0.1) is 11.6 Å². The van der Waals surface area contributed by atoms with Gasteiger partial charge in [-0.05, 0) is 6.42 Å². The standard InChI is InChI=1S/C13H14ClF2NO3/c1-3-13(2)11(14)6-12(13)20-10-5-7(15)9(17(18)19)4-8(10)16/h4-5,11-12H,3,6H2,1-2H3. The van der Waals surface area contributed by atoms with Gasteiger partial charge in [0, 0.05) is 23.3 Å². The highest BCUT2D eigenvalue weighted by molar-refractivity contribution is 6.21. The van der Waals surface area contributed by atoms with Gasteiger partial charge in [0.15, 0.2) is 11.6 Å². The molecule has 7 heteroatoms. The number of halogens is 3. The maximum Gasteiger partial charge on any atom is 0.307 e. The molecule has 20 heavy (non-hydrogen) atoms. The Morgan fingerprint density at radius 1 is 1.50 bits per heavy atom. The summed E-state index contributed by atoms with van der Waals surface area (Å²) >= 11 is 6.12. The third kappa shape index (κ3) is 2.32. The quantitative estimate of drug-likeness (QED) is 0.479. The summed E-state index contributed by atoms with van der Waals surface area (Å²) in [4.78, 5) is 9.53. The minimum absolute atomic E-state index is 0.0801.